The minimum absolute atomic E-state index is 0.183. The second-order valence-corrected chi connectivity index (χ2v) is 12.3. The standard InChI is InChI=1S/C31H39ClN2O6/c1-31(2,3)19-34-25-13-12-21(32)17-24(25)29(23-10-5-6-11-26(23)39-4)40-15-14-33(27(35)18-28(34)36)22-9-7-8-20(16-22)30(37)38/h5-6,10-13,17,20,22,29H,7-9,14-16,18-19H2,1-4H3,(H,37,38)/t20-,22+,29+/m0/s1. The molecule has 0 unspecified atom stereocenters. The van der Waals surface area contributed by atoms with Crippen molar-refractivity contribution >= 4 is 35.1 Å². The number of fused-ring (bicyclic) bond motifs is 1. The fourth-order valence-corrected chi connectivity index (χ4v) is 5.95. The van der Waals surface area contributed by atoms with E-state index in [1.54, 1.807) is 23.0 Å². The van der Waals surface area contributed by atoms with Gasteiger partial charge in [0.25, 0.3) is 0 Å². The maximum atomic E-state index is 13.9. The van der Waals surface area contributed by atoms with Gasteiger partial charge in [-0.3, -0.25) is 14.4 Å². The van der Waals surface area contributed by atoms with Crippen molar-refractivity contribution in [2.75, 3.05) is 31.7 Å². The van der Waals surface area contributed by atoms with Gasteiger partial charge in [0, 0.05) is 41.0 Å². The van der Waals surface area contributed by atoms with Gasteiger partial charge in [-0.05, 0) is 48.9 Å². The summed E-state index contributed by atoms with van der Waals surface area (Å²) in [5.41, 5.74) is 1.84. The van der Waals surface area contributed by atoms with Crippen molar-refractivity contribution < 1.29 is 29.0 Å². The Labute approximate surface area is 241 Å². The predicted octanol–water partition coefficient (Wildman–Crippen LogP) is 5.71. The molecule has 0 radical (unpaired) electrons. The lowest BCUT2D eigenvalue weighted by Gasteiger charge is -2.37. The van der Waals surface area contributed by atoms with E-state index in [0.717, 1.165) is 5.56 Å². The molecule has 9 heteroatoms. The van der Waals surface area contributed by atoms with Crippen LogP contribution >= 0.6 is 11.6 Å². The zero-order valence-corrected chi connectivity index (χ0v) is 24.4. The Morgan fingerprint density at radius 2 is 1.85 bits per heavy atom. The number of hydrogen-bond donors (Lipinski definition) is 1. The average Bonchev–Trinajstić information content (AvgIpc) is 2.92. The molecule has 1 heterocycles. The number of hydrogen-bond acceptors (Lipinski definition) is 5. The molecule has 2 aliphatic rings. The van der Waals surface area contributed by atoms with Crippen molar-refractivity contribution in [3.8, 4) is 5.75 Å². The quantitative estimate of drug-likeness (QED) is 0.463. The highest BCUT2D eigenvalue weighted by molar-refractivity contribution is 6.30. The van der Waals surface area contributed by atoms with Gasteiger partial charge in [0.2, 0.25) is 11.8 Å². The van der Waals surface area contributed by atoms with Gasteiger partial charge in [-0.1, -0.05) is 57.0 Å². The van der Waals surface area contributed by atoms with E-state index >= 15 is 0 Å². The molecule has 0 bridgehead atoms. The fraction of sp³-hybridized carbons (Fsp3) is 0.516. The van der Waals surface area contributed by atoms with Gasteiger partial charge < -0.3 is 24.4 Å². The maximum absolute atomic E-state index is 13.9. The zero-order chi connectivity index (χ0) is 29.0. The van der Waals surface area contributed by atoms with Crippen LogP contribution in [0.4, 0.5) is 5.69 Å². The Kier molecular flexibility index (Phi) is 9.41. The number of anilines is 1. The predicted molar refractivity (Wildman–Crippen MR) is 154 cm³/mol. The number of benzene rings is 2. The SMILES string of the molecule is COc1ccccc1[C@H]1OCCN([C@@H]2CCC[C@H](C(=O)O)C2)C(=O)CC(=O)N(CC(C)(C)C)c2ccc(Cl)cc21. The van der Waals surface area contributed by atoms with Crippen molar-refractivity contribution in [3.05, 3.63) is 58.6 Å². The summed E-state index contributed by atoms with van der Waals surface area (Å²) in [6.45, 7) is 6.91. The average molecular weight is 571 g/mol. The first-order valence-corrected chi connectivity index (χ1v) is 14.2. The first-order valence-electron chi connectivity index (χ1n) is 13.8. The summed E-state index contributed by atoms with van der Waals surface area (Å²) in [7, 11) is 1.60. The van der Waals surface area contributed by atoms with Gasteiger partial charge in [0.05, 0.1) is 19.6 Å². The smallest absolute Gasteiger partial charge is 0.306 e. The first-order chi connectivity index (χ1) is 19.0. The molecule has 216 valence electrons. The number of ether oxygens (including phenoxy) is 2. The molecular formula is C31H39ClN2O6. The van der Waals surface area contributed by atoms with Gasteiger partial charge in [0.1, 0.15) is 18.3 Å². The van der Waals surface area contributed by atoms with Crippen molar-refractivity contribution in [3.63, 3.8) is 0 Å². The normalized spacial score (nSPS) is 22.9. The van der Waals surface area contributed by atoms with Crippen LogP contribution in [0.25, 0.3) is 0 Å². The molecule has 1 saturated carbocycles. The Morgan fingerprint density at radius 3 is 2.55 bits per heavy atom. The van der Waals surface area contributed by atoms with E-state index in [-0.39, 0.29) is 42.8 Å². The number of aliphatic carboxylic acids is 1. The number of carbonyl (C=O) groups is 3. The minimum Gasteiger partial charge on any atom is -0.496 e. The van der Waals surface area contributed by atoms with Gasteiger partial charge in [0.15, 0.2) is 0 Å². The van der Waals surface area contributed by atoms with Crippen molar-refractivity contribution in [2.45, 2.75) is 65.0 Å². The van der Waals surface area contributed by atoms with Crippen LogP contribution in [0, 0.1) is 11.3 Å². The lowest BCUT2D eigenvalue weighted by Crippen LogP contribution is -2.47. The molecule has 1 fully saturated rings. The van der Waals surface area contributed by atoms with Crippen molar-refractivity contribution in [1.82, 2.24) is 4.90 Å². The number of methoxy groups -OCH3 is 1. The topological polar surface area (TPSA) is 96.4 Å². The number of amides is 2. The van der Waals surface area contributed by atoms with Crippen LogP contribution in [0.3, 0.4) is 0 Å². The van der Waals surface area contributed by atoms with Gasteiger partial charge in [-0.15, -0.1) is 0 Å². The van der Waals surface area contributed by atoms with Crippen LogP contribution in [-0.4, -0.2) is 60.6 Å². The number of halogens is 1. The van der Waals surface area contributed by atoms with Gasteiger partial charge in [-0.2, -0.15) is 0 Å². The van der Waals surface area contributed by atoms with E-state index in [0.29, 0.717) is 54.3 Å². The van der Waals surface area contributed by atoms with Crippen LogP contribution in [-0.2, 0) is 19.1 Å². The minimum atomic E-state index is -0.845. The summed E-state index contributed by atoms with van der Waals surface area (Å²) in [4.78, 5) is 42.7. The number of para-hydroxylation sites is 1. The van der Waals surface area contributed by atoms with Crippen molar-refractivity contribution in [1.29, 1.82) is 0 Å². The van der Waals surface area contributed by atoms with E-state index in [4.69, 9.17) is 21.1 Å². The van der Waals surface area contributed by atoms with Crippen LogP contribution in [0.1, 0.15) is 70.1 Å². The summed E-state index contributed by atoms with van der Waals surface area (Å²) in [5.74, 6) is -1.35. The number of rotatable bonds is 5. The molecule has 1 N–H and O–H groups in total. The number of carboxylic acids is 1. The molecule has 0 aromatic heterocycles. The molecule has 8 nitrogen and oxygen atoms in total. The van der Waals surface area contributed by atoms with Crippen LogP contribution in [0.5, 0.6) is 5.75 Å². The second kappa shape index (κ2) is 12.6. The number of nitrogens with zero attached hydrogens (tertiary/aromatic N) is 2. The van der Waals surface area contributed by atoms with E-state index in [9.17, 15) is 19.5 Å². The number of carbonyl (C=O) groups excluding carboxylic acids is 2. The highest BCUT2D eigenvalue weighted by Crippen LogP contribution is 2.40. The molecule has 0 spiro atoms. The summed E-state index contributed by atoms with van der Waals surface area (Å²) >= 11 is 6.51. The third kappa shape index (κ3) is 6.96. The molecular weight excluding hydrogens is 532 g/mol. The highest BCUT2D eigenvalue weighted by Gasteiger charge is 2.36. The molecule has 2 amide bonds. The Bertz CT molecular complexity index is 1240. The molecule has 1 aliphatic heterocycles. The van der Waals surface area contributed by atoms with E-state index in [1.807, 2.05) is 57.2 Å². The molecule has 4 rings (SSSR count). The van der Waals surface area contributed by atoms with Crippen LogP contribution in [0.15, 0.2) is 42.5 Å². The monoisotopic (exact) mass is 570 g/mol. The highest BCUT2D eigenvalue weighted by atomic mass is 35.5. The molecule has 2 aromatic rings. The third-order valence-electron chi connectivity index (χ3n) is 7.59. The lowest BCUT2D eigenvalue weighted by atomic mass is 9.85. The lowest BCUT2D eigenvalue weighted by molar-refractivity contribution is -0.146. The zero-order valence-electron chi connectivity index (χ0n) is 23.7. The molecule has 40 heavy (non-hydrogen) atoms. The third-order valence-corrected chi connectivity index (χ3v) is 7.83. The molecule has 2 aromatic carbocycles. The molecule has 3 atom stereocenters. The Morgan fingerprint density at radius 1 is 1.10 bits per heavy atom. The first kappa shape index (κ1) is 29.9. The van der Waals surface area contributed by atoms with Gasteiger partial charge >= 0.3 is 5.97 Å². The van der Waals surface area contributed by atoms with E-state index in [1.165, 1.54) is 0 Å². The van der Waals surface area contributed by atoms with Crippen molar-refractivity contribution in [2.24, 2.45) is 11.3 Å². The van der Waals surface area contributed by atoms with E-state index in [2.05, 4.69) is 0 Å². The fourth-order valence-electron chi connectivity index (χ4n) is 5.77. The van der Waals surface area contributed by atoms with Crippen LogP contribution in [0.2, 0.25) is 5.02 Å². The maximum Gasteiger partial charge on any atom is 0.306 e. The summed E-state index contributed by atoms with van der Waals surface area (Å²) in [5, 5.41) is 10.1. The summed E-state index contributed by atoms with van der Waals surface area (Å²) < 4.78 is 12.2. The van der Waals surface area contributed by atoms with Gasteiger partial charge in [-0.25, -0.2) is 0 Å². The summed E-state index contributed by atoms with van der Waals surface area (Å²) in [6.07, 6.45) is 1.42. The Balaban J connectivity index is 1.82. The number of carboxylic acid groups (broad SMARTS) is 1. The Hall–Kier alpha value is -3.10. The molecule has 1 aliphatic carbocycles. The largest absolute Gasteiger partial charge is 0.496 e. The second-order valence-electron chi connectivity index (χ2n) is 11.9. The molecule has 0 saturated heterocycles. The summed E-state index contributed by atoms with van der Waals surface area (Å²) in [6, 6.07) is 12.7. The van der Waals surface area contributed by atoms with E-state index < -0.39 is 18.0 Å². The van der Waals surface area contributed by atoms with Crippen LogP contribution < -0.4 is 9.64 Å².